The van der Waals surface area contributed by atoms with Crippen molar-refractivity contribution in [3.8, 4) is 0 Å². The van der Waals surface area contributed by atoms with Gasteiger partial charge in [-0.1, -0.05) is 0 Å². The van der Waals surface area contributed by atoms with Gasteiger partial charge in [0.05, 0.1) is 5.54 Å². The van der Waals surface area contributed by atoms with Gasteiger partial charge in [0.1, 0.15) is 0 Å². The van der Waals surface area contributed by atoms with Crippen LogP contribution in [0.4, 0.5) is 0 Å². The van der Waals surface area contributed by atoms with Gasteiger partial charge in [0.2, 0.25) is 11.8 Å². The summed E-state index contributed by atoms with van der Waals surface area (Å²) in [6.07, 6.45) is 2.91. The Morgan fingerprint density at radius 1 is 1.64 bits per heavy atom. The number of carbonyl (C=O) groups excluding carboxylic acids is 2. The molecule has 78 valence electrons. The molecule has 0 aromatic carbocycles. The van der Waals surface area contributed by atoms with Gasteiger partial charge in [0.25, 0.3) is 0 Å². The smallest absolute Gasteiger partial charge is 0.240 e. The molecular weight excluding hydrogens is 182 g/mol. The lowest BCUT2D eigenvalue weighted by molar-refractivity contribution is -0.123. The molecule has 1 heterocycles. The molecule has 0 radical (unpaired) electrons. The van der Waals surface area contributed by atoms with Crippen LogP contribution in [-0.4, -0.2) is 29.9 Å². The van der Waals surface area contributed by atoms with Gasteiger partial charge in [-0.2, -0.15) is 0 Å². The van der Waals surface area contributed by atoms with Crippen molar-refractivity contribution in [2.24, 2.45) is 5.73 Å². The maximum Gasteiger partial charge on any atom is 0.240 e. The average Bonchev–Trinajstić information content (AvgIpc) is 2.76. The topological polar surface area (TPSA) is 84.2 Å². The van der Waals surface area contributed by atoms with Gasteiger partial charge in [0.15, 0.2) is 0 Å². The van der Waals surface area contributed by atoms with E-state index in [1.54, 1.807) is 0 Å². The van der Waals surface area contributed by atoms with Crippen LogP contribution in [0.25, 0.3) is 0 Å². The van der Waals surface area contributed by atoms with E-state index >= 15 is 0 Å². The van der Waals surface area contributed by atoms with E-state index in [-0.39, 0.29) is 17.9 Å². The Bertz CT molecular complexity index is 273. The highest BCUT2D eigenvalue weighted by Crippen LogP contribution is 2.32. The van der Waals surface area contributed by atoms with Crippen LogP contribution in [0.2, 0.25) is 0 Å². The van der Waals surface area contributed by atoms with Crippen LogP contribution in [0.15, 0.2) is 0 Å². The second kappa shape index (κ2) is 3.24. The fourth-order valence-electron chi connectivity index (χ4n) is 1.58. The summed E-state index contributed by atoms with van der Waals surface area (Å²) >= 11 is 0. The number of carbonyl (C=O) groups is 2. The molecule has 4 N–H and O–H groups in total. The fraction of sp³-hybridized carbons (Fsp3) is 0.778. The second-order valence-electron chi connectivity index (χ2n) is 4.17. The van der Waals surface area contributed by atoms with E-state index in [0.717, 1.165) is 19.3 Å². The molecule has 1 aliphatic heterocycles. The predicted molar refractivity (Wildman–Crippen MR) is 50.3 cm³/mol. The van der Waals surface area contributed by atoms with Crippen molar-refractivity contribution in [2.75, 3.05) is 6.54 Å². The first-order chi connectivity index (χ1) is 6.60. The van der Waals surface area contributed by atoms with E-state index in [1.165, 1.54) is 0 Å². The third kappa shape index (κ3) is 1.87. The lowest BCUT2D eigenvalue weighted by Gasteiger charge is -2.13. The summed E-state index contributed by atoms with van der Waals surface area (Å²) in [4.78, 5) is 22.3. The molecule has 2 aliphatic rings. The molecule has 1 aliphatic carbocycles. The van der Waals surface area contributed by atoms with Crippen LogP contribution in [-0.2, 0) is 9.59 Å². The molecule has 2 fully saturated rings. The van der Waals surface area contributed by atoms with Gasteiger partial charge in [-0.3, -0.25) is 9.59 Å². The van der Waals surface area contributed by atoms with Gasteiger partial charge in [0, 0.05) is 19.0 Å². The Kier molecular flexibility index (Phi) is 2.19. The SMILES string of the molecule is NC1(C(=O)NCC2CCC(=O)N2)CC1. The van der Waals surface area contributed by atoms with E-state index in [9.17, 15) is 9.59 Å². The highest BCUT2D eigenvalue weighted by molar-refractivity contribution is 5.89. The molecule has 0 spiro atoms. The summed E-state index contributed by atoms with van der Waals surface area (Å²) < 4.78 is 0. The first-order valence-electron chi connectivity index (χ1n) is 4.97. The Morgan fingerprint density at radius 2 is 2.36 bits per heavy atom. The Labute approximate surface area is 82.4 Å². The van der Waals surface area contributed by atoms with E-state index in [1.807, 2.05) is 0 Å². The molecule has 0 aromatic heterocycles. The minimum absolute atomic E-state index is 0.0677. The molecule has 0 bridgehead atoms. The number of nitrogens with two attached hydrogens (primary N) is 1. The normalized spacial score (nSPS) is 28.4. The highest BCUT2D eigenvalue weighted by Gasteiger charge is 2.45. The van der Waals surface area contributed by atoms with Crippen LogP contribution in [0.5, 0.6) is 0 Å². The molecule has 2 rings (SSSR count). The number of rotatable bonds is 3. The van der Waals surface area contributed by atoms with Crippen molar-refractivity contribution >= 4 is 11.8 Å². The lowest BCUT2D eigenvalue weighted by atomic mass is 10.2. The third-order valence-electron chi connectivity index (χ3n) is 2.83. The minimum Gasteiger partial charge on any atom is -0.352 e. The van der Waals surface area contributed by atoms with Gasteiger partial charge in [-0.05, 0) is 19.3 Å². The van der Waals surface area contributed by atoms with E-state index in [2.05, 4.69) is 10.6 Å². The second-order valence-corrected chi connectivity index (χ2v) is 4.17. The molecule has 1 atom stereocenters. The van der Waals surface area contributed by atoms with Crippen LogP contribution >= 0.6 is 0 Å². The number of hydrogen-bond acceptors (Lipinski definition) is 3. The molecule has 1 unspecified atom stereocenters. The molecular formula is C9H15N3O2. The monoisotopic (exact) mass is 197 g/mol. The van der Waals surface area contributed by atoms with Crippen molar-refractivity contribution < 1.29 is 9.59 Å². The molecule has 5 heteroatoms. The zero-order chi connectivity index (χ0) is 10.2. The average molecular weight is 197 g/mol. The van der Waals surface area contributed by atoms with Crippen molar-refractivity contribution in [2.45, 2.75) is 37.3 Å². The summed E-state index contributed by atoms with van der Waals surface area (Å²) in [5, 5.41) is 5.56. The first-order valence-corrected chi connectivity index (χ1v) is 4.97. The maximum atomic E-state index is 11.4. The first kappa shape index (κ1) is 9.45. The summed E-state index contributed by atoms with van der Waals surface area (Å²) in [6, 6.07) is 0.0915. The standard InChI is InChI=1S/C9H15N3O2/c10-9(3-4-9)8(14)11-5-6-1-2-7(13)12-6/h6H,1-5,10H2,(H,11,14)(H,12,13). The van der Waals surface area contributed by atoms with Crippen LogP contribution < -0.4 is 16.4 Å². The van der Waals surface area contributed by atoms with Crippen molar-refractivity contribution in [3.63, 3.8) is 0 Å². The molecule has 1 saturated carbocycles. The van der Waals surface area contributed by atoms with Gasteiger partial charge in [-0.15, -0.1) is 0 Å². The van der Waals surface area contributed by atoms with Gasteiger partial charge in [-0.25, -0.2) is 0 Å². The van der Waals surface area contributed by atoms with Gasteiger partial charge < -0.3 is 16.4 Å². The Balaban J connectivity index is 1.72. The Morgan fingerprint density at radius 3 is 2.86 bits per heavy atom. The van der Waals surface area contributed by atoms with Crippen LogP contribution in [0, 0.1) is 0 Å². The van der Waals surface area contributed by atoms with Crippen LogP contribution in [0.3, 0.4) is 0 Å². The number of nitrogens with one attached hydrogen (secondary N) is 2. The minimum atomic E-state index is -0.609. The summed E-state index contributed by atoms with van der Waals surface area (Å²) in [7, 11) is 0. The van der Waals surface area contributed by atoms with Crippen molar-refractivity contribution in [3.05, 3.63) is 0 Å². The van der Waals surface area contributed by atoms with E-state index < -0.39 is 5.54 Å². The zero-order valence-corrected chi connectivity index (χ0v) is 8.01. The van der Waals surface area contributed by atoms with E-state index in [0.29, 0.717) is 13.0 Å². The highest BCUT2D eigenvalue weighted by atomic mass is 16.2. The summed E-state index contributed by atoms with van der Waals surface area (Å²) in [5.41, 5.74) is 5.09. The largest absolute Gasteiger partial charge is 0.352 e. The molecule has 2 amide bonds. The molecule has 1 saturated heterocycles. The molecule has 0 aromatic rings. The van der Waals surface area contributed by atoms with Crippen molar-refractivity contribution in [1.82, 2.24) is 10.6 Å². The summed E-state index contributed by atoms with van der Waals surface area (Å²) in [6.45, 7) is 0.503. The quantitative estimate of drug-likeness (QED) is 0.535. The Hall–Kier alpha value is -1.10. The number of hydrogen-bond donors (Lipinski definition) is 3. The van der Waals surface area contributed by atoms with Gasteiger partial charge >= 0.3 is 0 Å². The number of amides is 2. The summed E-state index contributed by atoms with van der Waals surface area (Å²) in [5.74, 6) is -0.0169. The third-order valence-corrected chi connectivity index (χ3v) is 2.83. The lowest BCUT2D eigenvalue weighted by Crippen LogP contribution is -2.47. The van der Waals surface area contributed by atoms with Crippen LogP contribution in [0.1, 0.15) is 25.7 Å². The molecule has 5 nitrogen and oxygen atoms in total. The zero-order valence-electron chi connectivity index (χ0n) is 8.01. The molecule has 14 heavy (non-hydrogen) atoms. The van der Waals surface area contributed by atoms with Crippen molar-refractivity contribution in [1.29, 1.82) is 0 Å². The maximum absolute atomic E-state index is 11.4. The van der Waals surface area contributed by atoms with E-state index in [4.69, 9.17) is 5.73 Å². The predicted octanol–water partition coefficient (Wildman–Crippen LogP) is -1.13. The fourth-order valence-corrected chi connectivity index (χ4v) is 1.58.